The van der Waals surface area contributed by atoms with Crippen molar-refractivity contribution < 1.29 is 0 Å². The molecule has 0 aromatic heterocycles. The smallest absolute Gasteiger partial charge is 0.00817 e. The maximum absolute atomic E-state index is 3.63. The molecule has 1 N–H and O–H groups in total. The highest BCUT2D eigenvalue weighted by Crippen LogP contribution is 2.06. The summed E-state index contributed by atoms with van der Waals surface area (Å²) in [6, 6.07) is 11.8. The maximum Gasteiger partial charge on any atom is 0.00817 e. The molecule has 1 aromatic rings. The summed E-state index contributed by atoms with van der Waals surface area (Å²) in [5.41, 5.74) is 1.41. The number of hydrogen-bond acceptors (Lipinski definition) is 1. The van der Waals surface area contributed by atoms with E-state index in [2.05, 4.69) is 63.3 Å². The van der Waals surface area contributed by atoms with Crippen LogP contribution >= 0.6 is 0 Å². The van der Waals surface area contributed by atoms with E-state index < -0.39 is 0 Å². The Morgan fingerprint density at radius 2 is 1.60 bits per heavy atom. The third-order valence-corrected chi connectivity index (χ3v) is 2.93. The molecule has 84 valence electrons. The number of hydrogen-bond donors (Lipinski definition) is 1. The third-order valence-electron chi connectivity index (χ3n) is 2.93. The van der Waals surface area contributed by atoms with Gasteiger partial charge in [-0.25, -0.2) is 0 Å². The summed E-state index contributed by atoms with van der Waals surface area (Å²) in [6.45, 7) is 9.03. The summed E-state index contributed by atoms with van der Waals surface area (Å²) < 4.78 is 0. The molecule has 0 bridgehead atoms. The van der Waals surface area contributed by atoms with Crippen molar-refractivity contribution >= 4 is 0 Å². The monoisotopic (exact) mass is 205 g/mol. The minimum atomic E-state index is 0.546. The lowest BCUT2D eigenvalue weighted by Gasteiger charge is -2.22. The topological polar surface area (TPSA) is 12.0 Å². The molecular formula is C14H23N. The van der Waals surface area contributed by atoms with Crippen molar-refractivity contribution in [2.45, 2.75) is 46.2 Å². The molecule has 0 aliphatic rings. The van der Waals surface area contributed by atoms with E-state index in [-0.39, 0.29) is 0 Å². The van der Waals surface area contributed by atoms with Crippen molar-refractivity contribution in [1.82, 2.24) is 5.32 Å². The summed E-state index contributed by atoms with van der Waals surface area (Å²) in [4.78, 5) is 0. The summed E-state index contributed by atoms with van der Waals surface area (Å²) in [5.74, 6) is 0.697. The van der Waals surface area contributed by atoms with E-state index in [0.717, 1.165) is 6.42 Å². The average Bonchev–Trinajstić information content (AvgIpc) is 2.18. The molecule has 0 amide bonds. The lowest BCUT2D eigenvalue weighted by atomic mass is 10.0. The van der Waals surface area contributed by atoms with E-state index in [0.29, 0.717) is 18.0 Å². The lowest BCUT2D eigenvalue weighted by molar-refractivity contribution is 0.382. The largest absolute Gasteiger partial charge is 0.311 e. The van der Waals surface area contributed by atoms with Gasteiger partial charge in [0.1, 0.15) is 0 Å². The molecule has 0 radical (unpaired) electrons. The van der Waals surface area contributed by atoms with E-state index in [1.54, 1.807) is 0 Å². The molecule has 0 saturated heterocycles. The first-order valence-electron chi connectivity index (χ1n) is 5.89. The maximum atomic E-state index is 3.63. The van der Waals surface area contributed by atoms with Gasteiger partial charge in [0.25, 0.3) is 0 Å². The van der Waals surface area contributed by atoms with Crippen LogP contribution in [0.3, 0.4) is 0 Å². The van der Waals surface area contributed by atoms with Crippen LogP contribution in [0.2, 0.25) is 0 Å². The van der Waals surface area contributed by atoms with Crippen LogP contribution in [0.1, 0.15) is 33.3 Å². The fourth-order valence-corrected chi connectivity index (χ4v) is 1.67. The molecule has 2 unspecified atom stereocenters. The first kappa shape index (κ1) is 12.3. The van der Waals surface area contributed by atoms with Crippen molar-refractivity contribution in [3.8, 4) is 0 Å². The predicted molar refractivity (Wildman–Crippen MR) is 67.0 cm³/mol. The van der Waals surface area contributed by atoms with E-state index in [9.17, 15) is 0 Å². The molecule has 1 rings (SSSR count). The standard InChI is InChI=1S/C14H23N/c1-11(2)13(4)15-12(3)10-14-8-6-5-7-9-14/h5-9,11-13,15H,10H2,1-4H3. The lowest BCUT2D eigenvalue weighted by Crippen LogP contribution is -2.38. The van der Waals surface area contributed by atoms with Gasteiger partial charge in [-0.15, -0.1) is 0 Å². The first-order valence-corrected chi connectivity index (χ1v) is 5.89. The summed E-state index contributed by atoms with van der Waals surface area (Å²) in [5, 5.41) is 3.63. The normalized spacial score (nSPS) is 15.3. The highest BCUT2D eigenvalue weighted by molar-refractivity contribution is 5.15. The van der Waals surface area contributed by atoms with Crippen LogP contribution in [-0.4, -0.2) is 12.1 Å². The first-order chi connectivity index (χ1) is 7.09. The predicted octanol–water partition coefficient (Wildman–Crippen LogP) is 3.25. The molecule has 0 fully saturated rings. The Morgan fingerprint density at radius 1 is 1.00 bits per heavy atom. The second-order valence-electron chi connectivity index (χ2n) is 4.79. The van der Waals surface area contributed by atoms with Gasteiger partial charge in [0.15, 0.2) is 0 Å². The van der Waals surface area contributed by atoms with Crippen LogP contribution in [0.25, 0.3) is 0 Å². The molecule has 1 nitrogen and oxygen atoms in total. The molecule has 0 aliphatic heterocycles. The van der Waals surface area contributed by atoms with Crippen molar-refractivity contribution in [3.63, 3.8) is 0 Å². The quantitative estimate of drug-likeness (QED) is 0.778. The van der Waals surface area contributed by atoms with Crippen molar-refractivity contribution in [2.24, 2.45) is 5.92 Å². The van der Waals surface area contributed by atoms with E-state index in [1.807, 2.05) is 0 Å². The van der Waals surface area contributed by atoms with Gasteiger partial charge in [0, 0.05) is 12.1 Å². The van der Waals surface area contributed by atoms with E-state index in [4.69, 9.17) is 0 Å². The van der Waals surface area contributed by atoms with E-state index in [1.165, 1.54) is 5.56 Å². The second kappa shape index (κ2) is 5.92. The van der Waals surface area contributed by atoms with Gasteiger partial charge >= 0.3 is 0 Å². The molecule has 0 spiro atoms. The molecule has 0 aliphatic carbocycles. The van der Waals surface area contributed by atoms with Gasteiger partial charge in [-0.2, -0.15) is 0 Å². The summed E-state index contributed by atoms with van der Waals surface area (Å²) in [7, 11) is 0. The Bertz CT molecular complexity index is 266. The highest BCUT2D eigenvalue weighted by atomic mass is 14.9. The Balaban J connectivity index is 2.39. The summed E-state index contributed by atoms with van der Waals surface area (Å²) >= 11 is 0. The zero-order chi connectivity index (χ0) is 11.3. The van der Waals surface area contributed by atoms with Gasteiger partial charge < -0.3 is 5.32 Å². The molecule has 2 atom stereocenters. The van der Waals surface area contributed by atoms with Crippen LogP contribution in [0, 0.1) is 5.92 Å². The molecular weight excluding hydrogens is 182 g/mol. The summed E-state index contributed by atoms with van der Waals surface area (Å²) in [6.07, 6.45) is 1.11. The zero-order valence-electron chi connectivity index (χ0n) is 10.3. The molecule has 0 saturated carbocycles. The average molecular weight is 205 g/mol. The van der Waals surface area contributed by atoms with Gasteiger partial charge in [-0.1, -0.05) is 44.2 Å². The molecule has 0 heterocycles. The van der Waals surface area contributed by atoms with Crippen LogP contribution in [0.4, 0.5) is 0 Å². The fraction of sp³-hybridized carbons (Fsp3) is 0.571. The van der Waals surface area contributed by atoms with Gasteiger partial charge in [-0.05, 0) is 31.7 Å². The minimum absolute atomic E-state index is 0.546. The van der Waals surface area contributed by atoms with Gasteiger partial charge in [-0.3, -0.25) is 0 Å². The Morgan fingerprint density at radius 3 is 2.13 bits per heavy atom. The fourth-order valence-electron chi connectivity index (χ4n) is 1.67. The van der Waals surface area contributed by atoms with E-state index >= 15 is 0 Å². The Labute approximate surface area is 93.9 Å². The molecule has 1 aromatic carbocycles. The van der Waals surface area contributed by atoms with Crippen molar-refractivity contribution in [1.29, 1.82) is 0 Å². The zero-order valence-corrected chi connectivity index (χ0v) is 10.3. The Hall–Kier alpha value is -0.820. The number of rotatable bonds is 5. The molecule has 1 heteroatoms. The van der Waals surface area contributed by atoms with Gasteiger partial charge in [0.2, 0.25) is 0 Å². The minimum Gasteiger partial charge on any atom is -0.311 e. The second-order valence-corrected chi connectivity index (χ2v) is 4.79. The number of nitrogens with one attached hydrogen (secondary N) is 1. The highest BCUT2D eigenvalue weighted by Gasteiger charge is 2.10. The van der Waals surface area contributed by atoms with Crippen LogP contribution in [0.15, 0.2) is 30.3 Å². The van der Waals surface area contributed by atoms with Crippen molar-refractivity contribution in [3.05, 3.63) is 35.9 Å². The van der Waals surface area contributed by atoms with Crippen LogP contribution in [-0.2, 0) is 6.42 Å². The Kier molecular flexibility index (Phi) is 4.83. The van der Waals surface area contributed by atoms with Crippen LogP contribution < -0.4 is 5.32 Å². The SMILES string of the molecule is CC(Cc1ccccc1)NC(C)C(C)C. The van der Waals surface area contributed by atoms with Crippen LogP contribution in [0.5, 0.6) is 0 Å². The molecule has 15 heavy (non-hydrogen) atoms. The number of benzene rings is 1. The van der Waals surface area contributed by atoms with Crippen molar-refractivity contribution in [2.75, 3.05) is 0 Å². The third kappa shape index (κ3) is 4.48. The van der Waals surface area contributed by atoms with Gasteiger partial charge in [0.05, 0.1) is 0 Å².